The number of carbonyl (C=O) groups is 1. The van der Waals surface area contributed by atoms with E-state index in [0.717, 1.165) is 31.0 Å². The lowest BCUT2D eigenvalue weighted by atomic mass is 10.0. The quantitative estimate of drug-likeness (QED) is 0.432. The normalized spacial score (nSPS) is 14.6. The summed E-state index contributed by atoms with van der Waals surface area (Å²) in [4.78, 5) is 14.0. The average Bonchev–Trinajstić information content (AvgIpc) is 3.25. The van der Waals surface area contributed by atoms with Crippen LogP contribution in [0.15, 0.2) is 24.3 Å². The van der Waals surface area contributed by atoms with Crippen LogP contribution in [0.4, 0.5) is 0 Å². The number of nitrogens with zero attached hydrogens (tertiary/aromatic N) is 1. The van der Waals surface area contributed by atoms with Gasteiger partial charge in [0, 0.05) is 13.1 Å². The highest BCUT2D eigenvalue weighted by Gasteiger charge is 2.24. The lowest BCUT2D eigenvalue weighted by Gasteiger charge is -2.23. The van der Waals surface area contributed by atoms with Crippen LogP contribution in [0.1, 0.15) is 37.3 Å². The van der Waals surface area contributed by atoms with Crippen LogP contribution < -0.4 is 11.3 Å². The van der Waals surface area contributed by atoms with E-state index >= 15 is 0 Å². The van der Waals surface area contributed by atoms with E-state index in [4.69, 9.17) is 5.84 Å². The first-order valence-electron chi connectivity index (χ1n) is 7.51. The minimum atomic E-state index is -0.137. The van der Waals surface area contributed by atoms with E-state index in [0.29, 0.717) is 6.42 Å². The minimum absolute atomic E-state index is 0.137. The molecule has 1 fully saturated rings. The van der Waals surface area contributed by atoms with Crippen molar-refractivity contribution in [2.45, 2.75) is 39.2 Å². The molecule has 0 spiro atoms. The number of nitrogens with one attached hydrogen (secondary N) is 1. The van der Waals surface area contributed by atoms with Crippen LogP contribution in [0.3, 0.4) is 0 Å². The van der Waals surface area contributed by atoms with Gasteiger partial charge in [0.05, 0.1) is 6.42 Å². The van der Waals surface area contributed by atoms with Crippen LogP contribution in [-0.2, 0) is 17.8 Å². The van der Waals surface area contributed by atoms with Gasteiger partial charge in [-0.3, -0.25) is 15.1 Å². The molecule has 3 N–H and O–H groups in total. The van der Waals surface area contributed by atoms with Crippen molar-refractivity contribution in [1.29, 1.82) is 0 Å². The topological polar surface area (TPSA) is 58.4 Å². The molecule has 0 heterocycles. The molecule has 110 valence electrons. The summed E-state index contributed by atoms with van der Waals surface area (Å²) in [7, 11) is 0. The predicted molar refractivity (Wildman–Crippen MR) is 80.8 cm³/mol. The molecule has 1 aliphatic carbocycles. The number of hydrogen-bond acceptors (Lipinski definition) is 3. The summed E-state index contributed by atoms with van der Waals surface area (Å²) in [6.07, 6.45) is 4.27. The number of nitrogens with two attached hydrogens (primary N) is 1. The Bertz CT molecular complexity index is 443. The van der Waals surface area contributed by atoms with Gasteiger partial charge in [0.1, 0.15) is 0 Å². The molecule has 20 heavy (non-hydrogen) atoms. The first-order valence-corrected chi connectivity index (χ1v) is 7.51. The van der Waals surface area contributed by atoms with Crippen molar-refractivity contribution in [3.05, 3.63) is 35.4 Å². The fraction of sp³-hybridized carbons (Fsp3) is 0.562. The average molecular weight is 275 g/mol. The number of benzene rings is 1. The Kier molecular flexibility index (Phi) is 5.56. The molecule has 0 saturated heterocycles. The molecule has 0 radical (unpaired) electrons. The molecule has 0 aliphatic heterocycles. The molecule has 2 rings (SSSR count). The number of amides is 1. The zero-order valence-electron chi connectivity index (χ0n) is 12.3. The maximum absolute atomic E-state index is 11.5. The molecule has 4 heteroatoms. The van der Waals surface area contributed by atoms with Gasteiger partial charge >= 0.3 is 0 Å². The highest BCUT2D eigenvalue weighted by molar-refractivity contribution is 5.78. The summed E-state index contributed by atoms with van der Waals surface area (Å²) in [5.41, 5.74) is 4.53. The Balaban J connectivity index is 2.03. The van der Waals surface area contributed by atoms with Crippen molar-refractivity contribution < 1.29 is 4.79 Å². The number of hydrazine groups is 1. The van der Waals surface area contributed by atoms with Crippen molar-refractivity contribution in [2.75, 3.05) is 13.1 Å². The van der Waals surface area contributed by atoms with Gasteiger partial charge in [0.2, 0.25) is 5.91 Å². The van der Waals surface area contributed by atoms with Crippen LogP contribution >= 0.6 is 0 Å². The number of carbonyl (C=O) groups excluding carboxylic acids is 1. The van der Waals surface area contributed by atoms with Crippen LogP contribution in [0.2, 0.25) is 0 Å². The summed E-state index contributed by atoms with van der Waals surface area (Å²) in [6.45, 7) is 5.45. The summed E-state index contributed by atoms with van der Waals surface area (Å²) in [5.74, 6) is 5.94. The monoisotopic (exact) mass is 275 g/mol. The van der Waals surface area contributed by atoms with Gasteiger partial charge in [0.15, 0.2) is 0 Å². The van der Waals surface area contributed by atoms with E-state index in [1.807, 2.05) is 18.2 Å². The zero-order chi connectivity index (χ0) is 14.4. The van der Waals surface area contributed by atoms with E-state index in [1.54, 1.807) is 0 Å². The largest absolute Gasteiger partial charge is 0.299 e. The number of hydrogen-bond donors (Lipinski definition) is 2. The number of rotatable bonds is 8. The van der Waals surface area contributed by atoms with E-state index in [2.05, 4.69) is 23.3 Å². The molecule has 1 saturated carbocycles. The highest BCUT2D eigenvalue weighted by atomic mass is 16.2. The van der Waals surface area contributed by atoms with Gasteiger partial charge < -0.3 is 0 Å². The van der Waals surface area contributed by atoms with Crippen molar-refractivity contribution >= 4 is 5.91 Å². The molecule has 0 unspecified atom stereocenters. The first kappa shape index (κ1) is 15.0. The molecule has 0 bridgehead atoms. The van der Waals surface area contributed by atoms with Crippen molar-refractivity contribution in [2.24, 2.45) is 11.8 Å². The van der Waals surface area contributed by atoms with Crippen LogP contribution in [0, 0.1) is 5.92 Å². The minimum Gasteiger partial charge on any atom is -0.299 e. The van der Waals surface area contributed by atoms with Crippen LogP contribution in [0.25, 0.3) is 0 Å². The van der Waals surface area contributed by atoms with E-state index < -0.39 is 0 Å². The Labute approximate surface area is 121 Å². The molecule has 0 atom stereocenters. The van der Waals surface area contributed by atoms with Gasteiger partial charge in [-0.25, -0.2) is 5.84 Å². The predicted octanol–water partition coefficient (Wildman–Crippen LogP) is 1.84. The summed E-state index contributed by atoms with van der Waals surface area (Å²) < 4.78 is 0. The fourth-order valence-corrected chi connectivity index (χ4v) is 2.57. The Morgan fingerprint density at radius 2 is 2.05 bits per heavy atom. The summed E-state index contributed by atoms with van der Waals surface area (Å²) >= 11 is 0. The Hall–Kier alpha value is -1.39. The fourth-order valence-electron chi connectivity index (χ4n) is 2.57. The molecule has 4 nitrogen and oxygen atoms in total. The molecular weight excluding hydrogens is 250 g/mol. The second-order valence-electron chi connectivity index (χ2n) is 5.69. The zero-order valence-corrected chi connectivity index (χ0v) is 12.3. The lowest BCUT2D eigenvalue weighted by Crippen LogP contribution is -2.32. The molecule has 1 aromatic rings. The SMILES string of the molecule is CCCN(Cc1ccccc1CC(=O)NN)CC1CC1. The maximum Gasteiger partial charge on any atom is 0.238 e. The molecular formula is C16H25N3O. The third kappa shape index (κ3) is 4.62. The van der Waals surface area contributed by atoms with Crippen molar-refractivity contribution in [3.63, 3.8) is 0 Å². The molecule has 1 amide bonds. The van der Waals surface area contributed by atoms with E-state index in [9.17, 15) is 4.79 Å². The standard InChI is InChI=1S/C16H25N3O/c1-2-9-19(11-13-7-8-13)12-15-6-4-3-5-14(15)10-16(20)18-17/h3-6,13H,2,7-12,17H2,1H3,(H,18,20). The maximum atomic E-state index is 11.5. The molecule has 1 aliphatic rings. The Morgan fingerprint density at radius 1 is 1.35 bits per heavy atom. The van der Waals surface area contributed by atoms with Crippen LogP contribution in [0.5, 0.6) is 0 Å². The van der Waals surface area contributed by atoms with Gasteiger partial charge in [-0.1, -0.05) is 31.2 Å². The molecule has 1 aromatic carbocycles. The Morgan fingerprint density at radius 3 is 2.65 bits per heavy atom. The van der Waals surface area contributed by atoms with E-state index in [-0.39, 0.29) is 5.91 Å². The third-order valence-corrected chi connectivity index (χ3v) is 3.78. The van der Waals surface area contributed by atoms with Gasteiger partial charge in [-0.2, -0.15) is 0 Å². The van der Waals surface area contributed by atoms with Crippen LogP contribution in [-0.4, -0.2) is 23.9 Å². The van der Waals surface area contributed by atoms with E-state index in [1.165, 1.54) is 24.9 Å². The smallest absolute Gasteiger partial charge is 0.238 e. The summed E-state index contributed by atoms with van der Waals surface area (Å²) in [6, 6.07) is 8.16. The highest BCUT2D eigenvalue weighted by Crippen LogP contribution is 2.30. The van der Waals surface area contributed by atoms with Crippen molar-refractivity contribution in [1.82, 2.24) is 10.3 Å². The van der Waals surface area contributed by atoms with Gasteiger partial charge in [0.25, 0.3) is 0 Å². The van der Waals surface area contributed by atoms with Gasteiger partial charge in [-0.05, 0) is 42.9 Å². The lowest BCUT2D eigenvalue weighted by molar-refractivity contribution is -0.120. The molecule has 0 aromatic heterocycles. The third-order valence-electron chi connectivity index (χ3n) is 3.78. The second-order valence-corrected chi connectivity index (χ2v) is 5.69. The second kappa shape index (κ2) is 7.41. The van der Waals surface area contributed by atoms with Gasteiger partial charge in [-0.15, -0.1) is 0 Å². The first-order chi connectivity index (χ1) is 9.72. The summed E-state index contributed by atoms with van der Waals surface area (Å²) in [5, 5.41) is 0. The van der Waals surface area contributed by atoms with Crippen molar-refractivity contribution in [3.8, 4) is 0 Å².